The van der Waals surface area contributed by atoms with Crippen LogP contribution in [-0.2, 0) is 14.8 Å². The van der Waals surface area contributed by atoms with Gasteiger partial charge in [0.1, 0.15) is 17.4 Å². The second kappa shape index (κ2) is 8.05. The normalized spacial score (nSPS) is 13.4. The van der Waals surface area contributed by atoms with E-state index in [9.17, 15) is 13.2 Å². The van der Waals surface area contributed by atoms with Crippen molar-refractivity contribution in [3.05, 3.63) is 47.7 Å². The van der Waals surface area contributed by atoms with Gasteiger partial charge in [0.15, 0.2) is 11.6 Å². The highest BCUT2D eigenvalue weighted by molar-refractivity contribution is 7.89. The lowest BCUT2D eigenvalue weighted by Crippen LogP contribution is -2.35. The number of primary sulfonamides is 1. The Morgan fingerprint density at radius 3 is 2.62 bits per heavy atom. The van der Waals surface area contributed by atoms with Crippen LogP contribution < -0.4 is 25.4 Å². The van der Waals surface area contributed by atoms with E-state index in [0.29, 0.717) is 28.5 Å². The van der Waals surface area contributed by atoms with Crippen molar-refractivity contribution in [2.75, 3.05) is 29.2 Å². The first-order valence-corrected chi connectivity index (χ1v) is 11.1. The summed E-state index contributed by atoms with van der Waals surface area (Å²) in [6.45, 7) is 3.46. The van der Waals surface area contributed by atoms with E-state index in [1.54, 1.807) is 44.4 Å². The number of anilines is 5. The number of rotatable bonds is 5. The van der Waals surface area contributed by atoms with Crippen molar-refractivity contribution in [3.8, 4) is 5.75 Å². The highest BCUT2D eigenvalue weighted by Gasteiger charge is 2.22. The van der Waals surface area contributed by atoms with Gasteiger partial charge in [-0.3, -0.25) is 4.79 Å². The molecule has 0 bridgehead atoms. The van der Waals surface area contributed by atoms with E-state index in [0.717, 1.165) is 5.56 Å². The van der Waals surface area contributed by atoms with Gasteiger partial charge in [-0.25, -0.2) is 23.5 Å². The topological polar surface area (TPSA) is 152 Å². The number of ether oxygens (including phenoxy) is 1. The number of pyridine rings is 1. The first-order valence-electron chi connectivity index (χ1n) is 9.53. The largest absolute Gasteiger partial charge is 0.482 e. The molecule has 0 unspecified atom stereocenters. The Balaban J connectivity index is 1.60. The van der Waals surface area contributed by atoms with Crippen LogP contribution in [0.15, 0.2) is 41.6 Å². The Bertz CT molecular complexity index is 1330. The predicted molar refractivity (Wildman–Crippen MR) is 119 cm³/mol. The molecule has 0 aliphatic carbocycles. The molecule has 0 spiro atoms. The first kappa shape index (κ1) is 21.5. The number of hydrogen-bond acceptors (Lipinski definition) is 9. The number of nitrogens with zero attached hydrogens (tertiary/aromatic N) is 4. The number of amides is 1. The summed E-state index contributed by atoms with van der Waals surface area (Å²) in [6, 6.07) is 8.59. The second-order valence-electron chi connectivity index (χ2n) is 7.26. The molecule has 0 saturated heterocycles. The molecule has 3 aromatic rings. The first-order chi connectivity index (χ1) is 15.1. The monoisotopic (exact) mass is 455 g/mol. The van der Waals surface area contributed by atoms with Crippen LogP contribution in [0.1, 0.15) is 11.1 Å². The molecule has 1 amide bonds. The zero-order valence-electron chi connectivity index (χ0n) is 17.6. The number of likely N-dealkylation sites (N-methyl/N-ethyl adjacent to an activating group) is 1. The maximum atomic E-state index is 11.9. The lowest BCUT2D eigenvalue weighted by molar-refractivity contribution is -0.120. The third-order valence-electron chi connectivity index (χ3n) is 4.84. The molecular weight excluding hydrogens is 434 g/mol. The molecule has 12 heteroatoms. The number of carbonyl (C=O) groups excluding carboxylic acids is 1. The average Bonchev–Trinajstić information content (AvgIpc) is 2.74. The van der Waals surface area contributed by atoms with Crippen molar-refractivity contribution in [2.45, 2.75) is 18.9 Å². The van der Waals surface area contributed by atoms with E-state index in [2.05, 4.69) is 25.6 Å². The fourth-order valence-electron chi connectivity index (χ4n) is 3.10. The van der Waals surface area contributed by atoms with Gasteiger partial charge in [0.05, 0.1) is 5.69 Å². The zero-order chi connectivity index (χ0) is 23.0. The van der Waals surface area contributed by atoms with Crippen LogP contribution in [0.5, 0.6) is 5.75 Å². The van der Waals surface area contributed by atoms with Crippen LogP contribution in [0.2, 0.25) is 0 Å². The van der Waals surface area contributed by atoms with E-state index >= 15 is 0 Å². The summed E-state index contributed by atoms with van der Waals surface area (Å²) in [4.78, 5) is 26.2. The Labute approximate surface area is 184 Å². The van der Waals surface area contributed by atoms with Gasteiger partial charge in [-0.2, -0.15) is 4.98 Å². The van der Waals surface area contributed by atoms with Crippen LogP contribution >= 0.6 is 0 Å². The van der Waals surface area contributed by atoms with Crippen LogP contribution in [0, 0.1) is 13.8 Å². The van der Waals surface area contributed by atoms with Crippen LogP contribution in [0.3, 0.4) is 0 Å². The Hall–Kier alpha value is -3.77. The fourth-order valence-corrected chi connectivity index (χ4v) is 3.84. The molecule has 3 heterocycles. The molecule has 11 nitrogen and oxygen atoms in total. The minimum Gasteiger partial charge on any atom is -0.482 e. The smallest absolute Gasteiger partial charge is 0.264 e. The average molecular weight is 456 g/mol. The maximum Gasteiger partial charge on any atom is 0.264 e. The van der Waals surface area contributed by atoms with Gasteiger partial charge in [0.2, 0.25) is 5.95 Å². The number of benzene rings is 1. The number of carbonyl (C=O) groups is 1. The molecule has 1 aliphatic heterocycles. The molecule has 1 aliphatic rings. The molecule has 0 saturated carbocycles. The number of aryl methyl sites for hydroxylation is 2. The number of nitrogens with two attached hydrogens (primary N) is 1. The van der Waals surface area contributed by atoms with Crippen LogP contribution in [0.4, 0.5) is 29.0 Å². The molecule has 166 valence electrons. The van der Waals surface area contributed by atoms with Crippen molar-refractivity contribution in [3.63, 3.8) is 0 Å². The standard InChI is InChI=1S/C20H21N7O4S/c1-11-4-7-16(24-19(11)32(21,29)30)25-20-22-9-12(2)18(26-20)23-13-5-6-15-14(8-13)27(3)17(28)10-31-15/h4-9H,10H2,1-3H3,(H2,21,29,30)(H2,22,23,24,25,26). The quantitative estimate of drug-likeness (QED) is 0.524. The fraction of sp³-hybridized carbons (Fsp3) is 0.200. The summed E-state index contributed by atoms with van der Waals surface area (Å²) in [7, 11) is -2.27. The molecule has 4 rings (SSSR count). The summed E-state index contributed by atoms with van der Waals surface area (Å²) in [5.41, 5.74) is 2.56. The van der Waals surface area contributed by atoms with Crippen LogP contribution in [0.25, 0.3) is 0 Å². The van der Waals surface area contributed by atoms with E-state index in [4.69, 9.17) is 9.88 Å². The van der Waals surface area contributed by atoms with E-state index in [1.807, 2.05) is 13.0 Å². The van der Waals surface area contributed by atoms with Gasteiger partial charge in [-0.1, -0.05) is 6.07 Å². The molecule has 0 radical (unpaired) electrons. The summed E-state index contributed by atoms with van der Waals surface area (Å²) in [5, 5.41) is 11.1. The van der Waals surface area contributed by atoms with Crippen molar-refractivity contribution in [2.24, 2.45) is 5.14 Å². The molecule has 32 heavy (non-hydrogen) atoms. The van der Waals surface area contributed by atoms with E-state index in [1.165, 1.54) is 4.90 Å². The van der Waals surface area contributed by atoms with Crippen molar-refractivity contribution in [1.82, 2.24) is 15.0 Å². The third kappa shape index (κ3) is 4.31. The van der Waals surface area contributed by atoms with Gasteiger partial charge in [0.25, 0.3) is 15.9 Å². The lowest BCUT2D eigenvalue weighted by Gasteiger charge is -2.26. The Kier molecular flexibility index (Phi) is 5.40. The Morgan fingerprint density at radius 2 is 1.88 bits per heavy atom. The number of fused-ring (bicyclic) bond motifs is 1. The van der Waals surface area contributed by atoms with Crippen molar-refractivity contribution in [1.29, 1.82) is 0 Å². The van der Waals surface area contributed by atoms with Crippen LogP contribution in [-0.4, -0.2) is 42.9 Å². The minimum atomic E-state index is -3.96. The minimum absolute atomic E-state index is 0.0105. The summed E-state index contributed by atoms with van der Waals surface area (Å²) >= 11 is 0. The van der Waals surface area contributed by atoms with Gasteiger partial charge in [-0.15, -0.1) is 0 Å². The van der Waals surface area contributed by atoms with Gasteiger partial charge in [0, 0.05) is 24.5 Å². The second-order valence-corrected chi connectivity index (χ2v) is 8.74. The summed E-state index contributed by atoms with van der Waals surface area (Å²) in [6.07, 6.45) is 1.61. The molecule has 0 atom stereocenters. The Morgan fingerprint density at radius 1 is 1.09 bits per heavy atom. The maximum absolute atomic E-state index is 11.9. The highest BCUT2D eigenvalue weighted by Crippen LogP contribution is 2.34. The molecule has 1 aromatic carbocycles. The van der Waals surface area contributed by atoms with Gasteiger partial charge in [-0.05, 0) is 43.7 Å². The van der Waals surface area contributed by atoms with Gasteiger partial charge >= 0.3 is 0 Å². The molecule has 2 aromatic heterocycles. The number of aromatic nitrogens is 3. The van der Waals surface area contributed by atoms with Crippen molar-refractivity contribution >= 4 is 44.9 Å². The zero-order valence-corrected chi connectivity index (χ0v) is 18.4. The number of nitrogens with one attached hydrogen (secondary N) is 2. The summed E-state index contributed by atoms with van der Waals surface area (Å²) in [5.74, 6) is 1.45. The number of sulfonamides is 1. The lowest BCUT2D eigenvalue weighted by atomic mass is 10.2. The summed E-state index contributed by atoms with van der Waals surface area (Å²) < 4.78 is 28.9. The van der Waals surface area contributed by atoms with Crippen molar-refractivity contribution < 1.29 is 17.9 Å². The number of hydrogen-bond donors (Lipinski definition) is 3. The molecular formula is C20H21N7O4S. The van der Waals surface area contributed by atoms with Gasteiger partial charge < -0.3 is 20.3 Å². The SMILES string of the molecule is Cc1cnc(Nc2ccc(C)c(S(N)(=O)=O)n2)nc1Nc1ccc2c(c1)N(C)C(=O)CO2. The highest BCUT2D eigenvalue weighted by atomic mass is 32.2. The van der Waals surface area contributed by atoms with E-state index < -0.39 is 10.0 Å². The predicted octanol–water partition coefficient (Wildman–Crippen LogP) is 1.98. The molecule has 4 N–H and O–H groups in total. The third-order valence-corrected chi connectivity index (χ3v) is 5.79. The molecule has 0 fully saturated rings. The van der Waals surface area contributed by atoms with E-state index in [-0.39, 0.29) is 29.3 Å².